The van der Waals surface area contributed by atoms with Crippen LogP contribution in [-0.2, 0) is 0 Å². The SMILES string of the molecule is CNC(=O)c1cc(C)cc(C(C)Nc2ccc(F)nc2C(=O)O)c1N=CC1CC1. The smallest absolute Gasteiger partial charge is 0.356 e. The number of hydrogen-bond donors (Lipinski definition) is 3. The van der Waals surface area contributed by atoms with Crippen LogP contribution in [0.3, 0.4) is 0 Å². The zero-order chi connectivity index (χ0) is 21.1. The molecule has 1 aromatic heterocycles. The summed E-state index contributed by atoms with van der Waals surface area (Å²) in [7, 11) is 1.56. The third-order valence-electron chi connectivity index (χ3n) is 4.69. The zero-order valence-corrected chi connectivity index (χ0v) is 16.5. The lowest BCUT2D eigenvalue weighted by Gasteiger charge is -2.21. The minimum Gasteiger partial charge on any atom is -0.476 e. The molecule has 1 amide bonds. The Hall–Kier alpha value is -3.29. The monoisotopic (exact) mass is 398 g/mol. The molecule has 1 saturated carbocycles. The number of rotatable bonds is 7. The number of pyridine rings is 1. The van der Waals surface area contributed by atoms with Crippen molar-refractivity contribution >= 4 is 29.5 Å². The highest BCUT2D eigenvalue weighted by Crippen LogP contribution is 2.35. The predicted molar refractivity (Wildman–Crippen MR) is 109 cm³/mol. The summed E-state index contributed by atoms with van der Waals surface area (Å²) in [5, 5.41) is 15.0. The second-order valence-electron chi connectivity index (χ2n) is 7.15. The summed E-state index contributed by atoms with van der Waals surface area (Å²) in [5.41, 5.74) is 2.37. The van der Waals surface area contributed by atoms with E-state index in [4.69, 9.17) is 0 Å². The van der Waals surface area contributed by atoms with Crippen LogP contribution in [0, 0.1) is 18.8 Å². The molecule has 3 N–H and O–H groups in total. The van der Waals surface area contributed by atoms with Crippen LogP contribution in [0.25, 0.3) is 0 Å². The van der Waals surface area contributed by atoms with Crippen LogP contribution in [0.4, 0.5) is 15.8 Å². The van der Waals surface area contributed by atoms with Crippen LogP contribution in [-0.4, -0.2) is 35.2 Å². The highest BCUT2D eigenvalue weighted by atomic mass is 19.1. The van der Waals surface area contributed by atoms with E-state index in [1.54, 1.807) is 13.1 Å². The summed E-state index contributed by atoms with van der Waals surface area (Å²) in [6.45, 7) is 3.70. The van der Waals surface area contributed by atoms with E-state index in [1.165, 1.54) is 6.07 Å². The second kappa shape index (κ2) is 8.38. The van der Waals surface area contributed by atoms with Gasteiger partial charge in [0.05, 0.1) is 23.0 Å². The number of halogens is 1. The van der Waals surface area contributed by atoms with E-state index in [-0.39, 0.29) is 11.6 Å². The number of hydrogen-bond acceptors (Lipinski definition) is 5. The normalized spacial score (nSPS) is 14.6. The molecular weight excluding hydrogens is 375 g/mol. The molecule has 0 radical (unpaired) electrons. The first kappa shape index (κ1) is 20.4. The van der Waals surface area contributed by atoms with Crippen molar-refractivity contribution in [2.75, 3.05) is 12.4 Å². The van der Waals surface area contributed by atoms with Crippen LogP contribution < -0.4 is 10.6 Å². The summed E-state index contributed by atoms with van der Waals surface area (Å²) in [6.07, 6.45) is 4.02. The van der Waals surface area contributed by atoms with E-state index in [0.717, 1.165) is 30.0 Å². The number of carboxylic acids is 1. The number of anilines is 1. The Kier molecular flexibility index (Phi) is 5.91. The molecule has 0 spiro atoms. The molecule has 0 saturated heterocycles. The number of aromatic nitrogens is 1. The third kappa shape index (κ3) is 4.77. The van der Waals surface area contributed by atoms with E-state index < -0.39 is 23.7 Å². The van der Waals surface area contributed by atoms with Gasteiger partial charge in [-0.05, 0) is 56.4 Å². The third-order valence-corrected chi connectivity index (χ3v) is 4.69. The Morgan fingerprint density at radius 2 is 2.07 bits per heavy atom. The maximum absolute atomic E-state index is 13.4. The van der Waals surface area contributed by atoms with Crippen LogP contribution in [0.2, 0.25) is 0 Å². The van der Waals surface area contributed by atoms with E-state index in [9.17, 15) is 19.1 Å². The molecule has 0 bridgehead atoms. The molecule has 7 nitrogen and oxygen atoms in total. The lowest BCUT2D eigenvalue weighted by Crippen LogP contribution is -2.20. The molecule has 8 heteroatoms. The standard InChI is InChI=1S/C21H23FN4O3/c1-11-8-14(12(2)25-16-6-7-17(22)26-19(16)21(28)29)18(24-10-13-4-5-13)15(9-11)20(27)23-3/h6-10,12-13,25H,4-5H2,1-3H3,(H,23,27)(H,28,29). The molecule has 3 rings (SSSR count). The molecule has 1 fully saturated rings. The molecule has 1 unspecified atom stereocenters. The fraction of sp³-hybridized carbons (Fsp3) is 0.333. The van der Waals surface area contributed by atoms with Crippen molar-refractivity contribution in [2.45, 2.75) is 32.7 Å². The maximum atomic E-state index is 13.4. The number of carboxylic acid groups (broad SMARTS) is 1. The van der Waals surface area contributed by atoms with Gasteiger partial charge in [-0.15, -0.1) is 0 Å². The Labute approximate surface area is 168 Å². The number of aryl methyl sites for hydroxylation is 1. The fourth-order valence-corrected chi connectivity index (χ4v) is 3.04. The molecule has 2 aromatic rings. The van der Waals surface area contributed by atoms with Crippen LogP contribution >= 0.6 is 0 Å². The number of nitrogens with zero attached hydrogens (tertiary/aromatic N) is 2. The summed E-state index contributed by atoms with van der Waals surface area (Å²) in [6, 6.07) is 5.71. The minimum atomic E-state index is -1.33. The summed E-state index contributed by atoms with van der Waals surface area (Å²) >= 11 is 0. The molecule has 1 atom stereocenters. The van der Waals surface area contributed by atoms with Gasteiger partial charge in [0.2, 0.25) is 5.95 Å². The van der Waals surface area contributed by atoms with Gasteiger partial charge in [-0.25, -0.2) is 9.78 Å². The molecule has 1 heterocycles. The molecule has 152 valence electrons. The number of carbonyl (C=O) groups excluding carboxylic acids is 1. The summed E-state index contributed by atoms with van der Waals surface area (Å²) < 4.78 is 13.4. The van der Waals surface area contributed by atoms with Gasteiger partial charge in [0.1, 0.15) is 0 Å². The largest absolute Gasteiger partial charge is 0.476 e. The van der Waals surface area contributed by atoms with Gasteiger partial charge in [0, 0.05) is 18.8 Å². The first-order chi connectivity index (χ1) is 13.8. The van der Waals surface area contributed by atoms with Gasteiger partial charge < -0.3 is 15.7 Å². The van der Waals surface area contributed by atoms with E-state index in [1.807, 2.05) is 26.1 Å². The predicted octanol–water partition coefficient (Wildman–Crippen LogP) is 3.87. The minimum absolute atomic E-state index is 0.187. The molecule has 1 aliphatic carbocycles. The summed E-state index contributed by atoms with van der Waals surface area (Å²) in [4.78, 5) is 31.9. The van der Waals surface area contributed by atoms with E-state index in [0.29, 0.717) is 17.2 Å². The van der Waals surface area contributed by atoms with Gasteiger partial charge in [-0.3, -0.25) is 9.79 Å². The second-order valence-corrected chi connectivity index (χ2v) is 7.15. The Morgan fingerprint density at radius 3 is 2.69 bits per heavy atom. The van der Waals surface area contributed by atoms with E-state index in [2.05, 4.69) is 20.6 Å². The van der Waals surface area contributed by atoms with Crippen molar-refractivity contribution in [1.29, 1.82) is 0 Å². The lowest BCUT2D eigenvalue weighted by molar-refractivity contribution is 0.0690. The number of amides is 1. The van der Waals surface area contributed by atoms with Gasteiger partial charge in [0.25, 0.3) is 5.91 Å². The van der Waals surface area contributed by atoms with Crippen molar-refractivity contribution < 1.29 is 19.1 Å². The Morgan fingerprint density at radius 1 is 1.34 bits per heavy atom. The first-order valence-corrected chi connectivity index (χ1v) is 9.37. The zero-order valence-electron chi connectivity index (χ0n) is 16.5. The average Bonchev–Trinajstić information content (AvgIpc) is 3.51. The van der Waals surface area contributed by atoms with Crippen molar-refractivity contribution in [3.63, 3.8) is 0 Å². The van der Waals surface area contributed by atoms with Gasteiger partial charge in [-0.1, -0.05) is 6.07 Å². The average molecular weight is 398 g/mol. The Balaban J connectivity index is 2.04. The maximum Gasteiger partial charge on any atom is 0.356 e. The highest BCUT2D eigenvalue weighted by Gasteiger charge is 2.23. The Bertz CT molecular complexity index is 986. The topological polar surface area (TPSA) is 104 Å². The van der Waals surface area contributed by atoms with Crippen molar-refractivity contribution in [3.05, 3.63) is 52.6 Å². The van der Waals surface area contributed by atoms with Crippen molar-refractivity contribution in [2.24, 2.45) is 10.9 Å². The molecule has 1 aromatic carbocycles. The van der Waals surface area contributed by atoms with Crippen molar-refractivity contribution in [3.8, 4) is 0 Å². The van der Waals surface area contributed by atoms with E-state index >= 15 is 0 Å². The number of nitrogens with one attached hydrogen (secondary N) is 2. The van der Waals surface area contributed by atoms with Crippen LogP contribution in [0.1, 0.15) is 57.8 Å². The van der Waals surface area contributed by atoms with Crippen molar-refractivity contribution in [1.82, 2.24) is 10.3 Å². The molecule has 0 aliphatic heterocycles. The van der Waals surface area contributed by atoms with Crippen LogP contribution in [0.5, 0.6) is 0 Å². The molecule has 1 aliphatic rings. The first-order valence-electron chi connectivity index (χ1n) is 9.37. The highest BCUT2D eigenvalue weighted by molar-refractivity contribution is 6.00. The number of aromatic carboxylic acids is 1. The van der Waals surface area contributed by atoms with Gasteiger partial charge in [0.15, 0.2) is 5.69 Å². The van der Waals surface area contributed by atoms with Gasteiger partial charge in [-0.2, -0.15) is 4.39 Å². The van der Waals surface area contributed by atoms with Gasteiger partial charge >= 0.3 is 5.97 Å². The fourth-order valence-electron chi connectivity index (χ4n) is 3.04. The lowest BCUT2D eigenvalue weighted by atomic mass is 9.97. The quantitative estimate of drug-likeness (QED) is 0.485. The number of aliphatic imine (C=N–C) groups is 1. The van der Waals surface area contributed by atoms with Crippen LogP contribution in [0.15, 0.2) is 29.3 Å². The number of carbonyl (C=O) groups is 2. The summed E-state index contributed by atoms with van der Waals surface area (Å²) in [5.74, 6) is -2.03. The molecule has 29 heavy (non-hydrogen) atoms. The number of benzene rings is 1. The molecular formula is C21H23FN4O3.